The molecule has 1 saturated heterocycles. The zero-order valence-electron chi connectivity index (χ0n) is 19.7. The lowest BCUT2D eigenvalue weighted by Crippen LogP contribution is -2.51. The maximum absolute atomic E-state index is 13.4. The summed E-state index contributed by atoms with van der Waals surface area (Å²) in [5, 5.41) is 15.5. The summed E-state index contributed by atoms with van der Waals surface area (Å²) in [5.74, 6) is 0.370. The third-order valence-electron chi connectivity index (χ3n) is 6.00. The van der Waals surface area contributed by atoms with Crippen LogP contribution in [0.2, 0.25) is 0 Å². The summed E-state index contributed by atoms with van der Waals surface area (Å²) in [6.45, 7) is 0.0660. The van der Waals surface area contributed by atoms with Gasteiger partial charge in [0.05, 0.1) is 25.2 Å². The van der Waals surface area contributed by atoms with Crippen molar-refractivity contribution in [3.8, 4) is 11.5 Å². The number of nitrogens with one attached hydrogen (secondary N) is 2. The minimum atomic E-state index is -0.647. The molecule has 3 atom stereocenters. The summed E-state index contributed by atoms with van der Waals surface area (Å²) in [4.78, 5) is 24.9. The molecule has 0 unspecified atom stereocenters. The molecule has 1 aliphatic heterocycles. The van der Waals surface area contributed by atoms with E-state index >= 15 is 0 Å². The maximum Gasteiger partial charge on any atom is 0.251 e. The van der Waals surface area contributed by atoms with Crippen LogP contribution in [-0.4, -0.2) is 41.8 Å². The van der Waals surface area contributed by atoms with E-state index in [9.17, 15) is 19.1 Å². The van der Waals surface area contributed by atoms with Gasteiger partial charge in [-0.2, -0.15) is 0 Å². The monoisotopic (exact) mass is 492 g/mol. The Labute approximate surface area is 209 Å². The van der Waals surface area contributed by atoms with Gasteiger partial charge < -0.3 is 25.2 Å². The molecule has 3 N–H and O–H groups in total. The Bertz CT molecular complexity index is 1160. The number of rotatable bonds is 9. The maximum atomic E-state index is 13.4. The molecule has 7 nitrogen and oxygen atoms in total. The SMILES string of the molecule is O=C(C[C@H]1CC[C@@H](NC(=O)c2cccc(F)c2)[C@@H](CO)O1)NCc1ccc(Oc2ccccc2)cc1. The number of aliphatic hydroxyl groups excluding tert-OH is 1. The first-order valence-electron chi connectivity index (χ1n) is 11.9. The van der Waals surface area contributed by atoms with Gasteiger partial charge in [0.25, 0.3) is 5.91 Å². The molecule has 188 valence electrons. The molecular weight excluding hydrogens is 463 g/mol. The van der Waals surface area contributed by atoms with Crippen molar-refractivity contribution in [2.45, 2.75) is 44.1 Å². The molecule has 0 aromatic heterocycles. The minimum absolute atomic E-state index is 0.149. The molecule has 1 heterocycles. The van der Waals surface area contributed by atoms with Gasteiger partial charge in [0, 0.05) is 12.1 Å². The van der Waals surface area contributed by atoms with E-state index in [-0.39, 0.29) is 30.6 Å². The van der Waals surface area contributed by atoms with Crippen LogP contribution in [0.5, 0.6) is 11.5 Å². The van der Waals surface area contributed by atoms with E-state index in [1.807, 2.05) is 54.6 Å². The lowest BCUT2D eigenvalue weighted by molar-refractivity contribution is -0.131. The number of carbonyl (C=O) groups is 2. The van der Waals surface area contributed by atoms with Crippen molar-refractivity contribution in [1.82, 2.24) is 10.6 Å². The van der Waals surface area contributed by atoms with Crippen LogP contribution in [-0.2, 0) is 16.1 Å². The Hall–Kier alpha value is -3.75. The lowest BCUT2D eigenvalue weighted by atomic mass is 9.96. The predicted octanol–water partition coefficient (Wildman–Crippen LogP) is 3.96. The van der Waals surface area contributed by atoms with Crippen molar-refractivity contribution in [2.24, 2.45) is 0 Å². The normalized spacial score (nSPS) is 19.3. The van der Waals surface area contributed by atoms with Crippen LogP contribution < -0.4 is 15.4 Å². The first-order valence-corrected chi connectivity index (χ1v) is 11.9. The Kier molecular flexibility index (Phi) is 8.65. The number of hydrogen-bond acceptors (Lipinski definition) is 5. The third-order valence-corrected chi connectivity index (χ3v) is 6.00. The van der Waals surface area contributed by atoms with Gasteiger partial charge in [-0.3, -0.25) is 9.59 Å². The highest BCUT2D eigenvalue weighted by Gasteiger charge is 2.33. The van der Waals surface area contributed by atoms with Crippen molar-refractivity contribution in [3.05, 3.63) is 95.8 Å². The average molecular weight is 493 g/mol. The largest absolute Gasteiger partial charge is 0.457 e. The molecule has 3 aromatic rings. The van der Waals surface area contributed by atoms with Crippen LogP contribution in [0.15, 0.2) is 78.9 Å². The zero-order valence-corrected chi connectivity index (χ0v) is 19.7. The van der Waals surface area contributed by atoms with Crippen molar-refractivity contribution >= 4 is 11.8 Å². The van der Waals surface area contributed by atoms with Crippen LogP contribution in [0.25, 0.3) is 0 Å². The lowest BCUT2D eigenvalue weighted by Gasteiger charge is -2.36. The number of aliphatic hydroxyl groups is 1. The summed E-state index contributed by atoms with van der Waals surface area (Å²) >= 11 is 0. The number of benzene rings is 3. The molecule has 1 fully saturated rings. The van der Waals surface area contributed by atoms with E-state index in [2.05, 4.69) is 10.6 Å². The van der Waals surface area contributed by atoms with Gasteiger partial charge in [0.2, 0.25) is 5.91 Å². The average Bonchev–Trinajstić information content (AvgIpc) is 2.89. The molecule has 0 spiro atoms. The number of hydrogen-bond donors (Lipinski definition) is 3. The number of ether oxygens (including phenoxy) is 2. The predicted molar refractivity (Wildman–Crippen MR) is 132 cm³/mol. The second kappa shape index (κ2) is 12.3. The van der Waals surface area contributed by atoms with Crippen LogP contribution in [0.1, 0.15) is 35.2 Å². The molecular formula is C28H29FN2O5. The van der Waals surface area contributed by atoms with Gasteiger partial charge in [0.15, 0.2) is 0 Å². The van der Waals surface area contributed by atoms with Crippen molar-refractivity contribution in [1.29, 1.82) is 0 Å². The quantitative estimate of drug-likeness (QED) is 0.420. The molecule has 4 rings (SSSR count). The highest BCUT2D eigenvalue weighted by molar-refractivity contribution is 5.94. The molecule has 8 heteroatoms. The van der Waals surface area contributed by atoms with E-state index in [4.69, 9.17) is 9.47 Å². The number of amides is 2. The van der Waals surface area contributed by atoms with Gasteiger partial charge >= 0.3 is 0 Å². The highest BCUT2D eigenvalue weighted by Crippen LogP contribution is 2.23. The first kappa shape index (κ1) is 25.3. The zero-order chi connectivity index (χ0) is 25.3. The fraction of sp³-hybridized carbons (Fsp3) is 0.286. The van der Waals surface area contributed by atoms with E-state index in [0.717, 1.165) is 17.4 Å². The van der Waals surface area contributed by atoms with Gasteiger partial charge in [0.1, 0.15) is 23.4 Å². The first-order chi connectivity index (χ1) is 17.5. The Balaban J connectivity index is 1.22. The fourth-order valence-corrected chi connectivity index (χ4v) is 4.11. The summed E-state index contributed by atoms with van der Waals surface area (Å²) in [6.07, 6.45) is 0.213. The number of para-hydroxylation sites is 1. The molecule has 2 amide bonds. The third kappa shape index (κ3) is 7.13. The Morgan fingerprint density at radius 1 is 0.972 bits per heavy atom. The van der Waals surface area contributed by atoms with Crippen LogP contribution in [0.4, 0.5) is 4.39 Å². The van der Waals surface area contributed by atoms with Crippen LogP contribution in [0, 0.1) is 5.82 Å². The van der Waals surface area contributed by atoms with E-state index in [0.29, 0.717) is 25.1 Å². The molecule has 3 aromatic carbocycles. The summed E-state index contributed by atoms with van der Waals surface area (Å²) in [5.41, 5.74) is 1.13. The molecule has 0 radical (unpaired) electrons. The molecule has 36 heavy (non-hydrogen) atoms. The van der Waals surface area contributed by atoms with Crippen molar-refractivity contribution < 1.29 is 28.6 Å². The van der Waals surface area contributed by atoms with Gasteiger partial charge in [-0.05, 0) is 60.9 Å². The van der Waals surface area contributed by atoms with E-state index in [1.54, 1.807) is 0 Å². The van der Waals surface area contributed by atoms with Crippen LogP contribution in [0.3, 0.4) is 0 Å². The Morgan fingerprint density at radius 3 is 2.44 bits per heavy atom. The van der Waals surface area contributed by atoms with Gasteiger partial charge in [-0.25, -0.2) is 4.39 Å². The second-order valence-electron chi connectivity index (χ2n) is 8.69. The highest BCUT2D eigenvalue weighted by atomic mass is 19.1. The topological polar surface area (TPSA) is 96.9 Å². The summed E-state index contributed by atoms with van der Waals surface area (Å²) in [6, 6.07) is 22.0. The minimum Gasteiger partial charge on any atom is -0.457 e. The van der Waals surface area contributed by atoms with Gasteiger partial charge in [-0.1, -0.05) is 36.4 Å². The standard InChI is InChI=1S/C28H29FN2O5/c29-21-6-4-5-20(15-21)28(34)31-25-14-13-24(36-26(25)18-32)16-27(33)30-17-19-9-11-23(12-10-19)35-22-7-2-1-3-8-22/h1-12,15,24-26,32H,13-14,16-18H2,(H,30,33)(H,31,34)/t24-,25-,26-/m1/s1. The molecule has 1 aliphatic rings. The summed E-state index contributed by atoms with van der Waals surface area (Å²) in [7, 11) is 0. The van der Waals surface area contributed by atoms with E-state index < -0.39 is 23.9 Å². The van der Waals surface area contributed by atoms with Crippen molar-refractivity contribution in [3.63, 3.8) is 0 Å². The van der Waals surface area contributed by atoms with Crippen molar-refractivity contribution in [2.75, 3.05) is 6.61 Å². The molecule has 0 saturated carbocycles. The number of carbonyl (C=O) groups excluding carboxylic acids is 2. The fourth-order valence-electron chi connectivity index (χ4n) is 4.11. The number of halogens is 1. The molecule has 0 bridgehead atoms. The Morgan fingerprint density at radius 2 is 1.72 bits per heavy atom. The smallest absolute Gasteiger partial charge is 0.251 e. The molecule has 0 aliphatic carbocycles. The van der Waals surface area contributed by atoms with E-state index in [1.165, 1.54) is 18.2 Å². The second-order valence-corrected chi connectivity index (χ2v) is 8.69. The summed E-state index contributed by atoms with van der Waals surface area (Å²) < 4.78 is 25.1. The van der Waals surface area contributed by atoms with Gasteiger partial charge in [-0.15, -0.1) is 0 Å². The van der Waals surface area contributed by atoms with Crippen LogP contribution >= 0.6 is 0 Å².